The number of carbonyl (C=O) groups is 1. The van der Waals surface area contributed by atoms with Gasteiger partial charge in [0.25, 0.3) is 0 Å². The minimum atomic E-state index is -0.137. The van der Waals surface area contributed by atoms with E-state index in [0.717, 1.165) is 0 Å². The van der Waals surface area contributed by atoms with Gasteiger partial charge in [-0.15, -0.1) is 0 Å². The molecule has 0 bridgehead atoms. The van der Waals surface area contributed by atoms with Crippen LogP contribution < -0.4 is 14.8 Å². The number of ether oxygens (including phenoxy) is 2. The molecule has 0 heterocycles. The first kappa shape index (κ1) is 11.8. The summed E-state index contributed by atoms with van der Waals surface area (Å²) in [6, 6.07) is 5.30. The summed E-state index contributed by atoms with van der Waals surface area (Å²) in [4.78, 5) is 11.2. The van der Waals surface area contributed by atoms with Crippen LogP contribution in [0.1, 0.15) is 0 Å². The van der Waals surface area contributed by atoms with E-state index < -0.39 is 0 Å². The second-order valence-corrected chi connectivity index (χ2v) is 3.28. The fraction of sp³-hybridized carbons (Fsp3) is 0.300. The van der Waals surface area contributed by atoms with E-state index in [1.165, 1.54) is 7.11 Å². The summed E-state index contributed by atoms with van der Waals surface area (Å²) < 4.78 is 10.3. The van der Waals surface area contributed by atoms with Gasteiger partial charge in [-0.3, -0.25) is 4.79 Å². The monoisotopic (exact) mass is 273 g/mol. The van der Waals surface area contributed by atoms with Crippen LogP contribution in [0.2, 0.25) is 0 Å². The fourth-order valence-electron chi connectivity index (χ4n) is 1.17. The van der Waals surface area contributed by atoms with E-state index in [-0.39, 0.29) is 11.2 Å². The van der Waals surface area contributed by atoms with Crippen LogP contribution in [0.3, 0.4) is 0 Å². The molecule has 0 aliphatic rings. The second kappa shape index (κ2) is 5.60. The number of anilines is 1. The van der Waals surface area contributed by atoms with Crippen molar-refractivity contribution >= 4 is 27.5 Å². The molecular weight excluding hydrogens is 262 g/mol. The first-order valence-electron chi connectivity index (χ1n) is 4.29. The highest BCUT2D eigenvalue weighted by Gasteiger charge is 2.10. The maximum Gasteiger partial charge on any atom is 0.235 e. The molecule has 0 radical (unpaired) electrons. The molecule has 0 aliphatic carbocycles. The third-order valence-corrected chi connectivity index (χ3v) is 2.31. The van der Waals surface area contributed by atoms with Crippen molar-refractivity contribution in [1.82, 2.24) is 0 Å². The Labute approximate surface area is 96.7 Å². The number of nitrogens with one attached hydrogen (secondary N) is 1. The standard InChI is InChI=1S/C10H12BrNO3/c1-14-8-5-3-4-7(10(8)15-2)12-9(13)6-11/h3-5H,6H2,1-2H3,(H,12,13). The molecule has 0 atom stereocenters. The predicted octanol–water partition coefficient (Wildman–Crippen LogP) is 2.04. The maximum absolute atomic E-state index is 11.2. The van der Waals surface area contributed by atoms with E-state index in [4.69, 9.17) is 9.47 Å². The fourth-order valence-corrected chi connectivity index (χ4v) is 1.31. The van der Waals surface area contributed by atoms with E-state index in [0.29, 0.717) is 17.2 Å². The minimum absolute atomic E-state index is 0.137. The van der Waals surface area contributed by atoms with E-state index in [2.05, 4.69) is 21.2 Å². The van der Waals surface area contributed by atoms with Crippen molar-refractivity contribution in [2.24, 2.45) is 0 Å². The first-order valence-corrected chi connectivity index (χ1v) is 5.42. The van der Waals surface area contributed by atoms with Crippen LogP contribution in [0.5, 0.6) is 11.5 Å². The Hall–Kier alpha value is -1.23. The summed E-state index contributed by atoms with van der Waals surface area (Å²) in [5.74, 6) is 0.973. The number of methoxy groups -OCH3 is 2. The zero-order chi connectivity index (χ0) is 11.3. The molecule has 5 heteroatoms. The largest absolute Gasteiger partial charge is 0.493 e. The molecule has 1 amide bonds. The molecule has 82 valence electrons. The van der Waals surface area contributed by atoms with Gasteiger partial charge in [0.2, 0.25) is 5.91 Å². The Balaban J connectivity index is 3.00. The van der Waals surface area contributed by atoms with E-state index in [1.54, 1.807) is 25.3 Å². The normalized spacial score (nSPS) is 9.53. The molecule has 1 rings (SSSR count). The molecule has 0 unspecified atom stereocenters. The molecule has 1 aromatic carbocycles. The highest BCUT2D eigenvalue weighted by atomic mass is 79.9. The zero-order valence-electron chi connectivity index (χ0n) is 8.54. The number of para-hydroxylation sites is 1. The van der Waals surface area contributed by atoms with Crippen LogP contribution in [0.15, 0.2) is 18.2 Å². The molecular formula is C10H12BrNO3. The van der Waals surface area contributed by atoms with Crippen molar-refractivity contribution in [2.75, 3.05) is 24.9 Å². The highest BCUT2D eigenvalue weighted by molar-refractivity contribution is 9.09. The molecule has 0 saturated heterocycles. The van der Waals surface area contributed by atoms with Crippen molar-refractivity contribution in [1.29, 1.82) is 0 Å². The van der Waals surface area contributed by atoms with Crippen LogP contribution in [-0.4, -0.2) is 25.5 Å². The van der Waals surface area contributed by atoms with Gasteiger partial charge >= 0.3 is 0 Å². The van der Waals surface area contributed by atoms with E-state index in [1.807, 2.05) is 0 Å². The number of hydrogen-bond acceptors (Lipinski definition) is 3. The van der Waals surface area contributed by atoms with Gasteiger partial charge in [-0.1, -0.05) is 22.0 Å². The lowest BCUT2D eigenvalue weighted by molar-refractivity contribution is -0.113. The molecule has 1 aromatic rings. The molecule has 1 N–H and O–H groups in total. The number of benzene rings is 1. The molecule has 0 saturated carbocycles. The molecule has 0 aromatic heterocycles. The Bertz CT molecular complexity index is 355. The van der Waals surface area contributed by atoms with Gasteiger partial charge in [-0.2, -0.15) is 0 Å². The van der Waals surface area contributed by atoms with Crippen molar-refractivity contribution in [3.8, 4) is 11.5 Å². The predicted molar refractivity (Wildman–Crippen MR) is 62.0 cm³/mol. The van der Waals surface area contributed by atoms with Gasteiger partial charge in [0.05, 0.1) is 25.2 Å². The number of carbonyl (C=O) groups excluding carboxylic acids is 1. The Morgan fingerprint density at radius 2 is 2.13 bits per heavy atom. The molecule has 15 heavy (non-hydrogen) atoms. The molecule has 0 aliphatic heterocycles. The van der Waals surface area contributed by atoms with Gasteiger partial charge in [-0.25, -0.2) is 0 Å². The third-order valence-electron chi connectivity index (χ3n) is 1.80. The smallest absolute Gasteiger partial charge is 0.235 e. The molecule has 4 nitrogen and oxygen atoms in total. The summed E-state index contributed by atoms with van der Waals surface area (Å²) in [5, 5.41) is 2.94. The summed E-state index contributed by atoms with van der Waals surface area (Å²) >= 11 is 3.07. The van der Waals surface area contributed by atoms with Gasteiger partial charge in [0, 0.05) is 0 Å². The van der Waals surface area contributed by atoms with Crippen molar-refractivity contribution in [3.63, 3.8) is 0 Å². The van der Waals surface area contributed by atoms with Crippen molar-refractivity contribution < 1.29 is 14.3 Å². The van der Waals surface area contributed by atoms with Crippen molar-refractivity contribution in [3.05, 3.63) is 18.2 Å². The number of hydrogen-bond donors (Lipinski definition) is 1. The lowest BCUT2D eigenvalue weighted by atomic mass is 10.2. The second-order valence-electron chi connectivity index (χ2n) is 2.72. The van der Waals surface area contributed by atoms with Gasteiger partial charge in [0.15, 0.2) is 11.5 Å². The highest BCUT2D eigenvalue weighted by Crippen LogP contribution is 2.34. The lowest BCUT2D eigenvalue weighted by Gasteiger charge is -2.12. The van der Waals surface area contributed by atoms with E-state index in [9.17, 15) is 4.79 Å². The van der Waals surface area contributed by atoms with E-state index >= 15 is 0 Å². The Morgan fingerprint density at radius 3 is 2.67 bits per heavy atom. The third kappa shape index (κ3) is 2.86. The van der Waals surface area contributed by atoms with Crippen LogP contribution in [0.4, 0.5) is 5.69 Å². The average molecular weight is 274 g/mol. The zero-order valence-corrected chi connectivity index (χ0v) is 10.1. The summed E-state index contributed by atoms with van der Waals surface area (Å²) in [7, 11) is 3.08. The number of halogens is 1. The van der Waals surface area contributed by atoms with Gasteiger partial charge < -0.3 is 14.8 Å². The van der Waals surface area contributed by atoms with Gasteiger partial charge in [-0.05, 0) is 12.1 Å². The molecule has 0 spiro atoms. The van der Waals surface area contributed by atoms with Crippen molar-refractivity contribution in [2.45, 2.75) is 0 Å². The van der Waals surface area contributed by atoms with Gasteiger partial charge in [0.1, 0.15) is 0 Å². The lowest BCUT2D eigenvalue weighted by Crippen LogP contribution is -2.13. The summed E-state index contributed by atoms with van der Waals surface area (Å²) in [6.07, 6.45) is 0. The topological polar surface area (TPSA) is 47.6 Å². The minimum Gasteiger partial charge on any atom is -0.493 e. The Morgan fingerprint density at radius 1 is 1.40 bits per heavy atom. The Kier molecular flexibility index (Phi) is 4.42. The van der Waals surface area contributed by atoms with Crippen LogP contribution in [-0.2, 0) is 4.79 Å². The first-order chi connectivity index (χ1) is 7.22. The summed E-state index contributed by atoms with van der Waals surface area (Å²) in [6.45, 7) is 0. The number of amides is 1. The average Bonchev–Trinajstić information content (AvgIpc) is 2.28. The summed E-state index contributed by atoms with van der Waals surface area (Å²) in [5.41, 5.74) is 0.598. The van der Waals surface area contributed by atoms with Crippen LogP contribution >= 0.6 is 15.9 Å². The number of rotatable bonds is 4. The van der Waals surface area contributed by atoms with Crippen LogP contribution in [0, 0.1) is 0 Å². The number of alkyl halides is 1. The SMILES string of the molecule is COc1cccc(NC(=O)CBr)c1OC. The quantitative estimate of drug-likeness (QED) is 0.855. The molecule has 0 fully saturated rings. The maximum atomic E-state index is 11.2. The van der Waals surface area contributed by atoms with Crippen LogP contribution in [0.25, 0.3) is 0 Å².